The van der Waals surface area contributed by atoms with Gasteiger partial charge >= 0.3 is 5.91 Å². The van der Waals surface area contributed by atoms with Gasteiger partial charge in [-0.05, 0) is 48.9 Å². The van der Waals surface area contributed by atoms with E-state index in [4.69, 9.17) is 16.3 Å². The standard InChI is InChI=1S/C17H13BrClN3O3/c1-9-6-11(3-4-13(9)19)25-8-15(23)21-22-16-12-7-10(18)2-5-14(12)20-17(16)24/h2-7,20,24H,8H2,1H3. The zero-order chi connectivity index (χ0) is 18.0. The molecule has 0 saturated carbocycles. The molecule has 0 bridgehead atoms. The number of nitrogens with one attached hydrogen (secondary N) is 1. The molecule has 3 rings (SSSR count). The number of halogens is 2. The molecule has 1 amide bonds. The molecule has 3 aromatic rings. The number of amides is 1. The van der Waals surface area contributed by atoms with Gasteiger partial charge in [-0.15, -0.1) is 10.2 Å². The Labute approximate surface area is 156 Å². The summed E-state index contributed by atoms with van der Waals surface area (Å²) >= 11 is 9.29. The van der Waals surface area contributed by atoms with Crippen LogP contribution in [0.25, 0.3) is 10.9 Å². The second kappa shape index (κ2) is 7.25. The molecule has 25 heavy (non-hydrogen) atoms. The summed E-state index contributed by atoms with van der Waals surface area (Å²) in [6.45, 7) is 1.58. The number of rotatable bonds is 4. The molecular weight excluding hydrogens is 410 g/mol. The number of hydrogen-bond donors (Lipinski definition) is 2. The lowest BCUT2D eigenvalue weighted by Gasteiger charge is -2.05. The first kappa shape index (κ1) is 17.4. The van der Waals surface area contributed by atoms with E-state index in [0.717, 1.165) is 10.0 Å². The van der Waals surface area contributed by atoms with Crippen molar-refractivity contribution in [3.63, 3.8) is 0 Å². The van der Waals surface area contributed by atoms with Gasteiger partial charge in [0, 0.05) is 14.9 Å². The molecule has 0 fully saturated rings. The number of carbonyl (C=O) groups is 1. The van der Waals surface area contributed by atoms with Crippen LogP contribution in [0.1, 0.15) is 5.56 Å². The fourth-order valence-electron chi connectivity index (χ4n) is 2.22. The number of aryl methyl sites for hydroxylation is 1. The highest BCUT2D eigenvalue weighted by Gasteiger charge is 2.11. The lowest BCUT2D eigenvalue weighted by atomic mass is 10.2. The normalized spacial score (nSPS) is 11.3. The first-order chi connectivity index (χ1) is 11.9. The zero-order valence-electron chi connectivity index (χ0n) is 13.1. The van der Waals surface area contributed by atoms with Crippen molar-refractivity contribution in [3.8, 4) is 11.6 Å². The second-order valence-corrected chi connectivity index (χ2v) is 6.63. The minimum Gasteiger partial charge on any atom is -0.493 e. The highest BCUT2D eigenvalue weighted by molar-refractivity contribution is 9.10. The summed E-state index contributed by atoms with van der Waals surface area (Å²) in [5.74, 6) is -0.209. The Kier molecular flexibility index (Phi) is 5.06. The Bertz CT molecular complexity index is 985. The first-order valence-electron chi connectivity index (χ1n) is 7.28. The minimum atomic E-state index is -0.573. The molecule has 0 unspecified atom stereocenters. The number of benzene rings is 2. The topological polar surface area (TPSA) is 87.0 Å². The van der Waals surface area contributed by atoms with E-state index >= 15 is 0 Å². The van der Waals surface area contributed by atoms with E-state index in [1.165, 1.54) is 0 Å². The van der Waals surface area contributed by atoms with Crippen molar-refractivity contribution in [3.05, 3.63) is 51.5 Å². The smallest absolute Gasteiger partial charge is 0.302 e. The fourth-order valence-corrected chi connectivity index (χ4v) is 2.70. The summed E-state index contributed by atoms with van der Waals surface area (Å²) in [7, 11) is 0. The van der Waals surface area contributed by atoms with Crippen LogP contribution in [-0.2, 0) is 4.79 Å². The van der Waals surface area contributed by atoms with Crippen molar-refractivity contribution in [2.45, 2.75) is 6.92 Å². The van der Waals surface area contributed by atoms with Crippen LogP contribution < -0.4 is 4.74 Å². The predicted octanol–water partition coefficient (Wildman–Crippen LogP) is 5.29. The van der Waals surface area contributed by atoms with Gasteiger partial charge in [0.1, 0.15) is 5.75 Å². The quantitative estimate of drug-likeness (QED) is 0.560. The van der Waals surface area contributed by atoms with Crippen LogP contribution in [0.15, 0.2) is 51.1 Å². The number of aromatic amines is 1. The highest BCUT2D eigenvalue weighted by Crippen LogP contribution is 2.36. The summed E-state index contributed by atoms with van der Waals surface area (Å²) in [4.78, 5) is 14.6. The van der Waals surface area contributed by atoms with Gasteiger partial charge in [0.2, 0.25) is 5.88 Å². The molecule has 6 nitrogen and oxygen atoms in total. The maximum absolute atomic E-state index is 11.9. The Morgan fingerprint density at radius 1 is 1.32 bits per heavy atom. The number of ether oxygens (including phenoxy) is 1. The average Bonchev–Trinajstić information content (AvgIpc) is 2.88. The highest BCUT2D eigenvalue weighted by atomic mass is 79.9. The minimum absolute atomic E-state index is 0.154. The molecule has 0 radical (unpaired) electrons. The number of carbonyl (C=O) groups excluding carboxylic acids is 1. The number of fused-ring (bicyclic) bond motifs is 1. The van der Waals surface area contributed by atoms with E-state index in [9.17, 15) is 9.90 Å². The summed E-state index contributed by atoms with van der Waals surface area (Å²) in [5.41, 5.74) is 1.74. The summed E-state index contributed by atoms with van der Waals surface area (Å²) in [6, 6.07) is 10.5. The molecule has 128 valence electrons. The van der Waals surface area contributed by atoms with Crippen LogP contribution >= 0.6 is 27.5 Å². The number of hydrogen-bond acceptors (Lipinski definition) is 4. The van der Waals surface area contributed by atoms with Gasteiger partial charge in [-0.1, -0.05) is 27.5 Å². The maximum Gasteiger partial charge on any atom is 0.302 e. The zero-order valence-corrected chi connectivity index (χ0v) is 15.4. The van der Waals surface area contributed by atoms with E-state index in [1.54, 1.807) is 30.3 Å². The third-order valence-electron chi connectivity index (χ3n) is 3.47. The molecule has 0 spiro atoms. The molecule has 8 heteroatoms. The molecule has 0 aliphatic carbocycles. The predicted molar refractivity (Wildman–Crippen MR) is 98.9 cm³/mol. The van der Waals surface area contributed by atoms with Gasteiger partial charge in [-0.3, -0.25) is 4.79 Å². The molecular formula is C17H13BrClN3O3. The third kappa shape index (κ3) is 4.00. The largest absolute Gasteiger partial charge is 0.493 e. The summed E-state index contributed by atoms with van der Waals surface area (Å²) < 4.78 is 6.19. The maximum atomic E-state index is 11.9. The molecule has 0 saturated heterocycles. The number of aromatic nitrogens is 1. The van der Waals surface area contributed by atoms with Crippen molar-refractivity contribution in [2.75, 3.05) is 6.61 Å². The van der Waals surface area contributed by atoms with E-state index in [0.29, 0.717) is 21.7 Å². The molecule has 1 heterocycles. The van der Waals surface area contributed by atoms with E-state index in [-0.39, 0.29) is 18.2 Å². The molecule has 2 aromatic carbocycles. The number of H-pyrrole nitrogens is 1. The molecule has 2 N–H and O–H groups in total. The molecule has 0 atom stereocenters. The second-order valence-electron chi connectivity index (χ2n) is 5.31. The lowest BCUT2D eigenvalue weighted by Crippen LogP contribution is -2.07. The first-order valence-corrected chi connectivity index (χ1v) is 8.45. The summed E-state index contributed by atoms with van der Waals surface area (Å²) in [5, 5.41) is 18.7. The summed E-state index contributed by atoms with van der Waals surface area (Å²) in [6.07, 6.45) is 0. The number of aromatic hydroxyl groups is 1. The monoisotopic (exact) mass is 421 g/mol. The Morgan fingerprint density at radius 2 is 2.12 bits per heavy atom. The lowest BCUT2D eigenvalue weighted by molar-refractivity contribution is -0.120. The molecule has 0 aliphatic rings. The van der Waals surface area contributed by atoms with Crippen LogP contribution in [0, 0.1) is 6.92 Å². The van der Waals surface area contributed by atoms with Crippen molar-refractivity contribution >= 4 is 50.0 Å². The Morgan fingerprint density at radius 3 is 2.88 bits per heavy atom. The van der Waals surface area contributed by atoms with Gasteiger partial charge in [0.05, 0.1) is 5.52 Å². The van der Waals surface area contributed by atoms with Crippen molar-refractivity contribution in [2.24, 2.45) is 10.2 Å². The molecule has 0 aliphatic heterocycles. The van der Waals surface area contributed by atoms with Crippen LogP contribution in [0.5, 0.6) is 11.6 Å². The van der Waals surface area contributed by atoms with Crippen LogP contribution in [0.3, 0.4) is 0 Å². The van der Waals surface area contributed by atoms with Crippen molar-refractivity contribution in [1.82, 2.24) is 4.98 Å². The van der Waals surface area contributed by atoms with E-state index < -0.39 is 5.91 Å². The van der Waals surface area contributed by atoms with E-state index in [1.807, 2.05) is 13.0 Å². The average molecular weight is 423 g/mol. The van der Waals surface area contributed by atoms with Gasteiger partial charge in [0.15, 0.2) is 12.3 Å². The number of azo groups is 1. The van der Waals surface area contributed by atoms with Gasteiger partial charge in [-0.25, -0.2) is 0 Å². The number of nitrogens with zero attached hydrogens (tertiary/aromatic N) is 2. The third-order valence-corrected chi connectivity index (χ3v) is 4.38. The van der Waals surface area contributed by atoms with Crippen molar-refractivity contribution < 1.29 is 14.6 Å². The van der Waals surface area contributed by atoms with Crippen LogP contribution in [0.4, 0.5) is 5.69 Å². The SMILES string of the molecule is Cc1cc(OCC(=O)N=Nc2c(O)[nH]c3ccc(Br)cc23)ccc1Cl. The Hall–Kier alpha value is -2.38. The van der Waals surface area contributed by atoms with E-state index in [2.05, 4.69) is 31.1 Å². The fraction of sp³-hybridized carbons (Fsp3) is 0.118. The van der Waals surface area contributed by atoms with Gasteiger partial charge in [0.25, 0.3) is 0 Å². The molecule has 1 aromatic heterocycles. The van der Waals surface area contributed by atoms with Gasteiger partial charge < -0.3 is 14.8 Å². The van der Waals surface area contributed by atoms with Crippen LogP contribution in [0.2, 0.25) is 5.02 Å². The Balaban J connectivity index is 1.71. The van der Waals surface area contributed by atoms with Crippen LogP contribution in [-0.4, -0.2) is 22.6 Å². The van der Waals surface area contributed by atoms with Crippen molar-refractivity contribution in [1.29, 1.82) is 0 Å². The van der Waals surface area contributed by atoms with Gasteiger partial charge in [-0.2, -0.15) is 0 Å².